The largest absolute Gasteiger partial charge is 0.494 e. The first-order chi connectivity index (χ1) is 13.4. The van der Waals surface area contributed by atoms with Crippen LogP contribution in [0.25, 0.3) is 11.2 Å². The Morgan fingerprint density at radius 1 is 1.07 bits per heavy atom. The normalized spacial score (nSPS) is 13.5. The molecular formula is C20H25N5O3. The molecule has 0 N–H and O–H groups in total. The van der Waals surface area contributed by atoms with Gasteiger partial charge in [0.15, 0.2) is 11.2 Å². The molecule has 0 unspecified atom stereocenters. The molecule has 0 spiro atoms. The lowest BCUT2D eigenvalue weighted by Crippen LogP contribution is -2.37. The molecule has 1 aromatic carbocycles. The monoisotopic (exact) mass is 383 g/mol. The topological polar surface area (TPSA) is 74.3 Å². The van der Waals surface area contributed by atoms with Crippen LogP contribution in [0.1, 0.15) is 20.3 Å². The standard InChI is InChI=1S/C20H25N5O3/c1-13(2)9-12-28-15-7-5-14(6-8-15)24-10-11-25-16-17(21-19(24)25)22(3)20(27)23(4)18(16)26/h5-8,13H,9-12H2,1-4H3. The minimum absolute atomic E-state index is 0.312. The quantitative estimate of drug-likeness (QED) is 0.674. The molecule has 0 saturated heterocycles. The van der Waals surface area contributed by atoms with Crippen LogP contribution < -0.4 is 20.9 Å². The molecule has 0 radical (unpaired) electrons. The average molecular weight is 383 g/mol. The van der Waals surface area contributed by atoms with Crippen LogP contribution in [0.3, 0.4) is 0 Å². The number of fused-ring (bicyclic) bond motifs is 3. The highest BCUT2D eigenvalue weighted by molar-refractivity contribution is 5.77. The molecule has 0 saturated carbocycles. The minimum Gasteiger partial charge on any atom is -0.494 e. The fraction of sp³-hybridized carbons (Fsp3) is 0.450. The summed E-state index contributed by atoms with van der Waals surface area (Å²) in [5, 5.41) is 0. The second-order valence-corrected chi connectivity index (χ2v) is 7.62. The number of imidazole rings is 1. The van der Waals surface area contributed by atoms with Crippen molar-refractivity contribution in [2.75, 3.05) is 18.1 Å². The number of nitrogens with zero attached hydrogens (tertiary/aromatic N) is 5. The molecule has 1 aliphatic heterocycles. The van der Waals surface area contributed by atoms with E-state index in [0.717, 1.165) is 29.0 Å². The fourth-order valence-corrected chi connectivity index (χ4v) is 3.53. The van der Waals surface area contributed by atoms with Crippen LogP contribution in [0.15, 0.2) is 33.9 Å². The van der Waals surface area contributed by atoms with E-state index >= 15 is 0 Å². The first-order valence-corrected chi connectivity index (χ1v) is 9.55. The van der Waals surface area contributed by atoms with Crippen LogP contribution >= 0.6 is 0 Å². The molecular weight excluding hydrogens is 358 g/mol. The predicted octanol–water partition coefficient (Wildman–Crippen LogP) is 2.01. The van der Waals surface area contributed by atoms with Crippen molar-refractivity contribution in [3.05, 3.63) is 45.1 Å². The Morgan fingerprint density at radius 2 is 1.79 bits per heavy atom. The van der Waals surface area contributed by atoms with Crippen molar-refractivity contribution < 1.29 is 4.74 Å². The van der Waals surface area contributed by atoms with Gasteiger partial charge in [0.05, 0.1) is 6.61 Å². The zero-order valence-electron chi connectivity index (χ0n) is 16.7. The van der Waals surface area contributed by atoms with E-state index < -0.39 is 0 Å². The Labute approximate surface area is 162 Å². The lowest BCUT2D eigenvalue weighted by atomic mass is 10.1. The summed E-state index contributed by atoms with van der Waals surface area (Å²) in [5.41, 5.74) is 1.18. The highest BCUT2D eigenvalue weighted by atomic mass is 16.5. The molecule has 1 aliphatic rings. The van der Waals surface area contributed by atoms with Crippen molar-refractivity contribution in [1.29, 1.82) is 0 Å². The van der Waals surface area contributed by atoms with Crippen molar-refractivity contribution in [3.8, 4) is 5.75 Å². The highest BCUT2D eigenvalue weighted by Crippen LogP contribution is 2.32. The van der Waals surface area contributed by atoms with Gasteiger partial charge in [-0.15, -0.1) is 0 Å². The van der Waals surface area contributed by atoms with Crippen molar-refractivity contribution >= 4 is 22.8 Å². The Kier molecular flexibility index (Phi) is 4.49. The first-order valence-electron chi connectivity index (χ1n) is 9.55. The SMILES string of the molecule is CC(C)CCOc1ccc(N2CCn3c2nc2c3c(=O)n(C)c(=O)n2C)cc1. The fourth-order valence-electron chi connectivity index (χ4n) is 3.53. The van der Waals surface area contributed by atoms with Gasteiger partial charge >= 0.3 is 5.69 Å². The molecule has 0 bridgehead atoms. The lowest BCUT2D eigenvalue weighted by Gasteiger charge is -2.16. The molecule has 28 heavy (non-hydrogen) atoms. The van der Waals surface area contributed by atoms with Crippen LogP contribution in [0, 0.1) is 5.92 Å². The summed E-state index contributed by atoms with van der Waals surface area (Å²) in [7, 11) is 3.13. The third-order valence-electron chi connectivity index (χ3n) is 5.23. The maximum absolute atomic E-state index is 12.6. The smallest absolute Gasteiger partial charge is 0.332 e. The minimum atomic E-state index is -0.372. The molecule has 0 aliphatic carbocycles. The van der Waals surface area contributed by atoms with Gasteiger partial charge in [-0.1, -0.05) is 13.8 Å². The Balaban J connectivity index is 1.67. The van der Waals surface area contributed by atoms with Gasteiger partial charge < -0.3 is 14.2 Å². The van der Waals surface area contributed by atoms with E-state index in [9.17, 15) is 9.59 Å². The molecule has 0 atom stereocenters. The summed E-state index contributed by atoms with van der Waals surface area (Å²) in [4.78, 5) is 31.5. The van der Waals surface area contributed by atoms with Gasteiger partial charge in [-0.3, -0.25) is 13.9 Å². The van der Waals surface area contributed by atoms with E-state index in [0.29, 0.717) is 36.2 Å². The van der Waals surface area contributed by atoms with Crippen LogP contribution in [0.2, 0.25) is 0 Å². The third kappa shape index (κ3) is 2.89. The van der Waals surface area contributed by atoms with E-state index in [2.05, 4.69) is 23.7 Å². The summed E-state index contributed by atoms with van der Waals surface area (Å²) in [6.45, 7) is 6.42. The van der Waals surface area contributed by atoms with Crippen molar-refractivity contribution in [2.45, 2.75) is 26.8 Å². The number of rotatable bonds is 5. The molecule has 8 heteroatoms. The van der Waals surface area contributed by atoms with Gasteiger partial charge in [0, 0.05) is 32.9 Å². The number of benzene rings is 1. The first kappa shape index (κ1) is 18.3. The van der Waals surface area contributed by atoms with Gasteiger partial charge in [0.25, 0.3) is 5.56 Å². The zero-order chi connectivity index (χ0) is 20.0. The van der Waals surface area contributed by atoms with Gasteiger partial charge in [-0.05, 0) is 36.6 Å². The summed E-state index contributed by atoms with van der Waals surface area (Å²) in [5.74, 6) is 2.13. The number of hydrogen-bond acceptors (Lipinski definition) is 5. The summed E-state index contributed by atoms with van der Waals surface area (Å²) in [6, 6.07) is 7.90. The zero-order valence-corrected chi connectivity index (χ0v) is 16.7. The summed E-state index contributed by atoms with van der Waals surface area (Å²) >= 11 is 0. The number of ether oxygens (including phenoxy) is 1. The lowest BCUT2D eigenvalue weighted by molar-refractivity contribution is 0.289. The van der Waals surface area contributed by atoms with E-state index in [1.54, 1.807) is 7.05 Å². The second-order valence-electron chi connectivity index (χ2n) is 7.62. The van der Waals surface area contributed by atoms with Crippen LogP contribution in [0.5, 0.6) is 5.75 Å². The summed E-state index contributed by atoms with van der Waals surface area (Å²) in [6.07, 6.45) is 1.02. The Hall–Kier alpha value is -3.03. The van der Waals surface area contributed by atoms with Crippen molar-refractivity contribution in [2.24, 2.45) is 20.0 Å². The van der Waals surface area contributed by atoms with Crippen molar-refractivity contribution in [3.63, 3.8) is 0 Å². The van der Waals surface area contributed by atoms with Crippen molar-refractivity contribution in [1.82, 2.24) is 18.7 Å². The van der Waals surface area contributed by atoms with E-state index in [4.69, 9.17) is 4.74 Å². The highest BCUT2D eigenvalue weighted by Gasteiger charge is 2.28. The predicted molar refractivity (Wildman–Crippen MR) is 109 cm³/mol. The van der Waals surface area contributed by atoms with E-state index in [-0.39, 0.29) is 11.2 Å². The van der Waals surface area contributed by atoms with Crippen LogP contribution in [-0.2, 0) is 20.6 Å². The number of anilines is 2. The van der Waals surface area contributed by atoms with E-state index in [1.165, 1.54) is 11.6 Å². The molecule has 4 rings (SSSR count). The molecule has 2 aromatic heterocycles. The molecule has 3 heterocycles. The number of aryl methyl sites for hydroxylation is 1. The molecule has 3 aromatic rings. The van der Waals surface area contributed by atoms with E-state index in [1.807, 2.05) is 28.8 Å². The van der Waals surface area contributed by atoms with Crippen LogP contribution in [-0.4, -0.2) is 31.8 Å². The van der Waals surface area contributed by atoms with Gasteiger partial charge in [-0.25, -0.2) is 4.79 Å². The number of aromatic nitrogens is 4. The third-order valence-corrected chi connectivity index (χ3v) is 5.23. The summed E-state index contributed by atoms with van der Waals surface area (Å²) < 4.78 is 10.2. The maximum Gasteiger partial charge on any atom is 0.332 e. The Morgan fingerprint density at radius 3 is 2.46 bits per heavy atom. The van der Waals surface area contributed by atoms with Gasteiger partial charge in [-0.2, -0.15) is 4.98 Å². The maximum atomic E-state index is 12.6. The Bertz CT molecular complexity index is 1140. The van der Waals surface area contributed by atoms with Gasteiger partial charge in [0.2, 0.25) is 5.95 Å². The molecule has 0 fully saturated rings. The van der Waals surface area contributed by atoms with Gasteiger partial charge in [0.1, 0.15) is 5.75 Å². The average Bonchev–Trinajstić information content (AvgIpc) is 3.24. The number of hydrogen-bond donors (Lipinski definition) is 0. The molecule has 8 nitrogen and oxygen atoms in total. The molecule has 148 valence electrons. The molecule has 0 amide bonds. The van der Waals surface area contributed by atoms with Crippen LogP contribution in [0.4, 0.5) is 11.6 Å². The second kappa shape index (κ2) is 6.85.